The van der Waals surface area contributed by atoms with Crippen LogP contribution in [0.2, 0.25) is 0 Å². The maximum absolute atomic E-state index is 5.43. The zero-order valence-electron chi connectivity index (χ0n) is 10.4. The second-order valence-corrected chi connectivity index (χ2v) is 4.15. The molecule has 0 aromatic carbocycles. The lowest BCUT2D eigenvalue weighted by Crippen LogP contribution is -2.07. The van der Waals surface area contributed by atoms with Crippen LogP contribution >= 0.6 is 0 Å². The van der Waals surface area contributed by atoms with Gasteiger partial charge in [-0.2, -0.15) is 0 Å². The monoisotopic (exact) mass is 231 g/mol. The summed E-state index contributed by atoms with van der Waals surface area (Å²) in [5.41, 5.74) is 1.97. The van der Waals surface area contributed by atoms with E-state index in [-0.39, 0.29) is 0 Å². The van der Waals surface area contributed by atoms with Crippen molar-refractivity contribution in [1.29, 1.82) is 0 Å². The van der Waals surface area contributed by atoms with Gasteiger partial charge < -0.3 is 9.73 Å². The van der Waals surface area contributed by atoms with E-state index in [0.717, 1.165) is 29.4 Å². The largest absolute Gasteiger partial charge is 0.463 e. The summed E-state index contributed by atoms with van der Waals surface area (Å²) in [6.45, 7) is 7.16. The Balaban J connectivity index is 2.55. The van der Waals surface area contributed by atoms with Crippen molar-refractivity contribution in [2.75, 3.05) is 11.9 Å². The summed E-state index contributed by atoms with van der Waals surface area (Å²) >= 11 is 0. The highest BCUT2D eigenvalue weighted by Crippen LogP contribution is 2.31. The van der Waals surface area contributed by atoms with Crippen molar-refractivity contribution in [2.24, 2.45) is 0 Å². The second-order valence-electron chi connectivity index (χ2n) is 4.15. The first-order valence-corrected chi connectivity index (χ1v) is 5.86. The molecule has 2 aromatic heterocycles. The predicted octanol–water partition coefficient (Wildman–Crippen LogP) is 3.29. The van der Waals surface area contributed by atoms with Crippen molar-refractivity contribution in [3.63, 3.8) is 0 Å². The number of nitrogens with one attached hydrogen (secondary N) is 1. The van der Waals surface area contributed by atoms with Gasteiger partial charge in [-0.05, 0) is 25.0 Å². The van der Waals surface area contributed by atoms with Crippen LogP contribution in [0.1, 0.15) is 32.3 Å². The molecule has 0 atom stereocenters. The molecule has 4 heteroatoms. The molecular weight excluding hydrogens is 214 g/mol. The quantitative estimate of drug-likeness (QED) is 0.877. The van der Waals surface area contributed by atoms with Gasteiger partial charge in [-0.1, -0.05) is 13.8 Å². The first kappa shape index (κ1) is 11.6. The fraction of sp³-hybridized carbons (Fsp3) is 0.385. The number of anilines is 1. The minimum absolute atomic E-state index is 0.338. The fourth-order valence-electron chi connectivity index (χ4n) is 1.86. The van der Waals surface area contributed by atoms with Gasteiger partial charge in [0.05, 0.1) is 6.26 Å². The summed E-state index contributed by atoms with van der Waals surface area (Å²) in [6.07, 6.45) is 3.23. The molecule has 1 N–H and O–H groups in total. The van der Waals surface area contributed by atoms with E-state index in [1.807, 2.05) is 12.1 Å². The first-order chi connectivity index (χ1) is 8.24. The smallest absolute Gasteiger partial charge is 0.152 e. The molecule has 2 heterocycles. The van der Waals surface area contributed by atoms with Crippen LogP contribution in [0.3, 0.4) is 0 Å². The SMILES string of the molecule is CCNc1ncnc(-c2ccco2)c1C(C)C. The molecule has 0 aliphatic rings. The third-order valence-corrected chi connectivity index (χ3v) is 2.56. The van der Waals surface area contributed by atoms with E-state index in [9.17, 15) is 0 Å². The average Bonchev–Trinajstić information content (AvgIpc) is 2.82. The Labute approximate surface area is 101 Å². The summed E-state index contributed by atoms with van der Waals surface area (Å²) in [5, 5.41) is 3.27. The molecule has 2 aromatic rings. The lowest BCUT2D eigenvalue weighted by atomic mass is 10.0. The Morgan fingerprint density at radius 1 is 1.35 bits per heavy atom. The highest BCUT2D eigenvalue weighted by atomic mass is 16.3. The molecule has 4 nitrogen and oxygen atoms in total. The number of nitrogens with zero attached hydrogens (tertiary/aromatic N) is 2. The highest BCUT2D eigenvalue weighted by Gasteiger charge is 2.17. The number of hydrogen-bond acceptors (Lipinski definition) is 4. The summed E-state index contributed by atoms with van der Waals surface area (Å²) < 4.78 is 5.43. The molecule has 90 valence electrons. The molecule has 0 spiro atoms. The van der Waals surface area contributed by atoms with Gasteiger partial charge in [0.15, 0.2) is 5.76 Å². The van der Waals surface area contributed by atoms with Crippen LogP contribution in [-0.2, 0) is 0 Å². The standard InChI is InChI=1S/C13H17N3O/c1-4-14-13-11(9(2)3)12(15-8-16-13)10-6-5-7-17-10/h5-9H,4H2,1-3H3,(H,14,15,16). The van der Waals surface area contributed by atoms with Crippen molar-refractivity contribution in [3.05, 3.63) is 30.3 Å². The van der Waals surface area contributed by atoms with Crippen molar-refractivity contribution >= 4 is 5.82 Å². The Hall–Kier alpha value is -1.84. The van der Waals surface area contributed by atoms with Crippen LogP contribution in [0.5, 0.6) is 0 Å². The van der Waals surface area contributed by atoms with E-state index in [2.05, 4.69) is 36.1 Å². The molecule has 0 saturated heterocycles. The van der Waals surface area contributed by atoms with Crippen LogP contribution < -0.4 is 5.32 Å². The number of hydrogen-bond donors (Lipinski definition) is 1. The summed E-state index contributed by atoms with van der Waals surface area (Å²) in [7, 11) is 0. The molecule has 0 bridgehead atoms. The van der Waals surface area contributed by atoms with Gasteiger partial charge in [0, 0.05) is 12.1 Å². The van der Waals surface area contributed by atoms with Crippen molar-refractivity contribution < 1.29 is 4.42 Å². The first-order valence-electron chi connectivity index (χ1n) is 5.86. The minimum atomic E-state index is 0.338. The zero-order chi connectivity index (χ0) is 12.3. The molecule has 0 saturated carbocycles. The molecule has 0 amide bonds. The van der Waals surface area contributed by atoms with Crippen LogP contribution in [-0.4, -0.2) is 16.5 Å². The van der Waals surface area contributed by atoms with E-state index in [0.29, 0.717) is 5.92 Å². The fourth-order valence-corrected chi connectivity index (χ4v) is 1.86. The molecule has 2 rings (SSSR count). The van der Waals surface area contributed by atoms with E-state index in [1.165, 1.54) is 0 Å². The Bertz CT molecular complexity index is 477. The Kier molecular flexibility index (Phi) is 3.42. The third kappa shape index (κ3) is 2.30. The van der Waals surface area contributed by atoms with Crippen LogP contribution in [0.25, 0.3) is 11.5 Å². The molecular formula is C13H17N3O. The van der Waals surface area contributed by atoms with Crippen LogP contribution in [0.4, 0.5) is 5.82 Å². The van der Waals surface area contributed by atoms with Crippen LogP contribution in [0.15, 0.2) is 29.1 Å². The van der Waals surface area contributed by atoms with Crippen LogP contribution in [0, 0.1) is 0 Å². The third-order valence-electron chi connectivity index (χ3n) is 2.56. The Morgan fingerprint density at radius 3 is 2.76 bits per heavy atom. The normalized spacial score (nSPS) is 10.8. The zero-order valence-corrected chi connectivity index (χ0v) is 10.4. The molecule has 0 fully saturated rings. The van der Waals surface area contributed by atoms with Gasteiger partial charge in [-0.25, -0.2) is 9.97 Å². The average molecular weight is 231 g/mol. The molecule has 0 aliphatic heterocycles. The number of aromatic nitrogens is 2. The summed E-state index contributed by atoms with van der Waals surface area (Å²) in [5.74, 6) is 2.02. The lowest BCUT2D eigenvalue weighted by Gasteiger charge is -2.15. The Morgan fingerprint density at radius 2 is 2.18 bits per heavy atom. The van der Waals surface area contributed by atoms with E-state index < -0.39 is 0 Å². The van der Waals surface area contributed by atoms with Crippen molar-refractivity contribution in [1.82, 2.24) is 9.97 Å². The highest BCUT2D eigenvalue weighted by molar-refractivity contribution is 5.65. The number of rotatable bonds is 4. The van der Waals surface area contributed by atoms with E-state index >= 15 is 0 Å². The maximum atomic E-state index is 5.43. The maximum Gasteiger partial charge on any atom is 0.152 e. The van der Waals surface area contributed by atoms with E-state index in [4.69, 9.17) is 4.42 Å². The minimum Gasteiger partial charge on any atom is -0.463 e. The summed E-state index contributed by atoms with van der Waals surface area (Å²) in [6, 6.07) is 3.79. The number of furan rings is 1. The lowest BCUT2D eigenvalue weighted by molar-refractivity contribution is 0.578. The van der Waals surface area contributed by atoms with Gasteiger partial charge in [0.1, 0.15) is 17.8 Å². The predicted molar refractivity (Wildman–Crippen MR) is 68.0 cm³/mol. The van der Waals surface area contributed by atoms with Gasteiger partial charge in [0.2, 0.25) is 0 Å². The summed E-state index contributed by atoms with van der Waals surface area (Å²) in [4.78, 5) is 8.64. The molecule has 17 heavy (non-hydrogen) atoms. The van der Waals surface area contributed by atoms with E-state index in [1.54, 1.807) is 12.6 Å². The topological polar surface area (TPSA) is 51.0 Å². The van der Waals surface area contributed by atoms with Gasteiger partial charge in [0.25, 0.3) is 0 Å². The molecule has 0 unspecified atom stereocenters. The van der Waals surface area contributed by atoms with Gasteiger partial charge in [-0.3, -0.25) is 0 Å². The van der Waals surface area contributed by atoms with Crippen molar-refractivity contribution in [3.8, 4) is 11.5 Å². The van der Waals surface area contributed by atoms with Gasteiger partial charge in [-0.15, -0.1) is 0 Å². The second kappa shape index (κ2) is 4.99. The molecule has 0 radical (unpaired) electrons. The molecule has 0 aliphatic carbocycles. The van der Waals surface area contributed by atoms with Crippen molar-refractivity contribution in [2.45, 2.75) is 26.7 Å². The van der Waals surface area contributed by atoms with Gasteiger partial charge >= 0.3 is 0 Å².